The number of nitrogens with one attached hydrogen (secondary N) is 1. The summed E-state index contributed by atoms with van der Waals surface area (Å²) in [7, 11) is -3.61. The third-order valence-electron chi connectivity index (χ3n) is 2.53. The van der Waals surface area contributed by atoms with E-state index in [1.807, 2.05) is 13.0 Å². The molecule has 2 aromatic rings. The Morgan fingerprint density at radius 1 is 1.16 bits per heavy atom. The van der Waals surface area contributed by atoms with Gasteiger partial charge in [0.25, 0.3) is 10.0 Å². The van der Waals surface area contributed by atoms with Gasteiger partial charge in [0.15, 0.2) is 0 Å². The molecular formula is C13H13BrN2O2S. The molecule has 2 rings (SSSR count). The summed E-state index contributed by atoms with van der Waals surface area (Å²) < 4.78 is 27.6. The van der Waals surface area contributed by atoms with Crippen molar-refractivity contribution in [2.75, 3.05) is 10.5 Å². The van der Waals surface area contributed by atoms with Crippen LogP contribution in [0.2, 0.25) is 0 Å². The predicted octanol–water partition coefficient (Wildman–Crippen LogP) is 3.14. The van der Waals surface area contributed by atoms with Crippen LogP contribution in [0.15, 0.2) is 51.8 Å². The van der Waals surface area contributed by atoms with Gasteiger partial charge in [0.2, 0.25) is 0 Å². The van der Waals surface area contributed by atoms with Gasteiger partial charge in [-0.15, -0.1) is 0 Å². The Morgan fingerprint density at radius 2 is 1.89 bits per heavy atom. The first-order valence-electron chi connectivity index (χ1n) is 5.53. The molecule has 0 unspecified atom stereocenters. The minimum Gasteiger partial charge on any atom is -0.399 e. The second kappa shape index (κ2) is 5.22. The normalized spacial score (nSPS) is 11.3. The third kappa shape index (κ3) is 3.27. The van der Waals surface area contributed by atoms with Crippen molar-refractivity contribution < 1.29 is 8.42 Å². The summed E-state index contributed by atoms with van der Waals surface area (Å²) in [6, 6.07) is 11.7. The Bertz CT molecular complexity index is 714. The lowest BCUT2D eigenvalue weighted by Gasteiger charge is -2.10. The molecule has 2 aromatic carbocycles. The van der Waals surface area contributed by atoms with Crippen LogP contribution in [0.3, 0.4) is 0 Å². The van der Waals surface area contributed by atoms with E-state index in [-0.39, 0.29) is 4.90 Å². The highest BCUT2D eigenvalue weighted by atomic mass is 79.9. The summed E-state index contributed by atoms with van der Waals surface area (Å²) in [6.07, 6.45) is 0. The van der Waals surface area contributed by atoms with Crippen LogP contribution >= 0.6 is 15.9 Å². The molecule has 0 aliphatic rings. The van der Waals surface area contributed by atoms with Crippen molar-refractivity contribution >= 4 is 37.3 Å². The lowest BCUT2D eigenvalue weighted by molar-refractivity contribution is 0.601. The van der Waals surface area contributed by atoms with Gasteiger partial charge in [-0.1, -0.05) is 12.1 Å². The topological polar surface area (TPSA) is 72.2 Å². The maximum atomic E-state index is 12.2. The first-order valence-corrected chi connectivity index (χ1v) is 7.80. The molecule has 4 nitrogen and oxygen atoms in total. The van der Waals surface area contributed by atoms with Crippen molar-refractivity contribution in [3.63, 3.8) is 0 Å². The first-order chi connectivity index (χ1) is 8.88. The number of hydrogen-bond donors (Lipinski definition) is 2. The van der Waals surface area contributed by atoms with Crippen LogP contribution < -0.4 is 10.5 Å². The van der Waals surface area contributed by atoms with E-state index in [0.29, 0.717) is 15.8 Å². The fraction of sp³-hybridized carbons (Fsp3) is 0.0769. The predicted molar refractivity (Wildman–Crippen MR) is 80.5 cm³/mol. The monoisotopic (exact) mass is 340 g/mol. The van der Waals surface area contributed by atoms with E-state index in [4.69, 9.17) is 5.73 Å². The zero-order valence-electron chi connectivity index (χ0n) is 10.2. The Kier molecular flexibility index (Phi) is 3.82. The van der Waals surface area contributed by atoms with Crippen molar-refractivity contribution in [1.82, 2.24) is 0 Å². The lowest BCUT2D eigenvalue weighted by atomic mass is 10.2. The Labute approximate surface area is 120 Å². The van der Waals surface area contributed by atoms with Gasteiger partial charge >= 0.3 is 0 Å². The summed E-state index contributed by atoms with van der Waals surface area (Å²) in [6.45, 7) is 1.84. The highest BCUT2D eigenvalue weighted by molar-refractivity contribution is 9.10. The Morgan fingerprint density at radius 3 is 2.58 bits per heavy atom. The molecule has 19 heavy (non-hydrogen) atoms. The number of sulfonamides is 1. The molecule has 0 bridgehead atoms. The highest BCUT2D eigenvalue weighted by Crippen LogP contribution is 2.27. The fourth-order valence-electron chi connectivity index (χ4n) is 1.61. The van der Waals surface area contributed by atoms with Gasteiger partial charge < -0.3 is 5.73 Å². The van der Waals surface area contributed by atoms with Crippen molar-refractivity contribution in [1.29, 1.82) is 0 Å². The van der Waals surface area contributed by atoms with Gasteiger partial charge in [-0.3, -0.25) is 4.72 Å². The lowest BCUT2D eigenvalue weighted by Crippen LogP contribution is -2.13. The molecule has 6 heteroatoms. The standard InChI is InChI=1S/C13H13BrN2O2S/c1-9-3-2-4-11(7-9)19(17,18)16-13-8-10(15)5-6-12(13)14/h2-8,16H,15H2,1H3. The number of halogens is 1. The Balaban J connectivity index is 2.39. The zero-order valence-corrected chi connectivity index (χ0v) is 12.6. The summed E-state index contributed by atoms with van der Waals surface area (Å²) >= 11 is 3.29. The molecule has 0 amide bonds. The van der Waals surface area contributed by atoms with Crippen LogP contribution in [0.4, 0.5) is 11.4 Å². The second-order valence-electron chi connectivity index (χ2n) is 4.16. The van der Waals surface area contributed by atoms with Crippen molar-refractivity contribution in [3.05, 3.63) is 52.5 Å². The number of aryl methyl sites for hydroxylation is 1. The second-order valence-corrected chi connectivity index (χ2v) is 6.70. The van der Waals surface area contributed by atoms with Crippen molar-refractivity contribution in [3.8, 4) is 0 Å². The SMILES string of the molecule is Cc1cccc(S(=O)(=O)Nc2cc(N)ccc2Br)c1. The summed E-state index contributed by atoms with van der Waals surface area (Å²) in [5.74, 6) is 0. The van der Waals surface area contributed by atoms with E-state index in [0.717, 1.165) is 5.56 Å². The van der Waals surface area contributed by atoms with E-state index in [2.05, 4.69) is 20.7 Å². The van der Waals surface area contributed by atoms with Crippen LogP contribution in [0, 0.1) is 6.92 Å². The number of nitrogens with two attached hydrogens (primary N) is 1. The largest absolute Gasteiger partial charge is 0.399 e. The Hall–Kier alpha value is -1.53. The molecule has 0 aromatic heterocycles. The number of rotatable bonds is 3. The molecule has 0 heterocycles. The maximum absolute atomic E-state index is 12.2. The van der Waals surface area contributed by atoms with Gasteiger partial charge in [-0.05, 0) is 58.7 Å². The van der Waals surface area contributed by atoms with Crippen molar-refractivity contribution in [2.45, 2.75) is 11.8 Å². The summed E-state index contributed by atoms with van der Waals surface area (Å²) in [5.41, 5.74) is 7.45. The van der Waals surface area contributed by atoms with Gasteiger partial charge in [0, 0.05) is 10.2 Å². The van der Waals surface area contributed by atoms with E-state index in [1.54, 1.807) is 36.4 Å². The van der Waals surface area contributed by atoms with Gasteiger partial charge in [-0.2, -0.15) is 0 Å². The molecule has 0 spiro atoms. The number of nitrogen functional groups attached to an aromatic ring is 1. The molecule has 0 saturated heterocycles. The molecule has 100 valence electrons. The van der Waals surface area contributed by atoms with E-state index in [1.165, 1.54) is 0 Å². The fourth-order valence-corrected chi connectivity index (χ4v) is 3.26. The number of hydrogen-bond acceptors (Lipinski definition) is 3. The van der Waals surface area contributed by atoms with Crippen LogP contribution in [-0.4, -0.2) is 8.42 Å². The number of benzene rings is 2. The molecule has 0 atom stereocenters. The summed E-state index contributed by atoms with van der Waals surface area (Å²) in [4.78, 5) is 0.224. The minimum atomic E-state index is -3.61. The smallest absolute Gasteiger partial charge is 0.261 e. The number of anilines is 2. The molecule has 0 saturated carbocycles. The van der Waals surface area contributed by atoms with Gasteiger partial charge in [-0.25, -0.2) is 8.42 Å². The van der Waals surface area contributed by atoms with Crippen LogP contribution in [0.1, 0.15) is 5.56 Å². The maximum Gasteiger partial charge on any atom is 0.261 e. The van der Waals surface area contributed by atoms with E-state index < -0.39 is 10.0 Å². The molecule has 0 aliphatic heterocycles. The van der Waals surface area contributed by atoms with E-state index >= 15 is 0 Å². The highest BCUT2D eigenvalue weighted by Gasteiger charge is 2.15. The molecular weight excluding hydrogens is 328 g/mol. The summed E-state index contributed by atoms with van der Waals surface area (Å²) in [5, 5.41) is 0. The molecule has 0 fully saturated rings. The van der Waals surface area contributed by atoms with Crippen LogP contribution in [0.25, 0.3) is 0 Å². The minimum absolute atomic E-state index is 0.224. The molecule has 0 radical (unpaired) electrons. The van der Waals surface area contributed by atoms with Crippen LogP contribution in [0.5, 0.6) is 0 Å². The zero-order chi connectivity index (χ0) is 14.0. The third-order valence-corrected chi connectivity index (χ3v) is 4.59. The molecule has 3 N–H and O–H groups in total. The van der Waals surface area contributed by atoms with Gasteiger partial charge in [0.05, 0.1) is 10.6 Å². The average Bonchev–Trinajstić information content (AvgIpc) is 2.33. The molecule has 0 aliphatic carbocycles. The van der Waals surface area contributed by atoms with Crippen LogP contribution in [-0.2, 0) is 10.0 Å². The van der Waals surface area contributed by atoms with Crippen molar-refractivity contribution in [2.24, 2.45) is 0 Å². The van der Waals surface area contributed by atoms with Gasteiger partial charge in [0.1, 0.15) is 0 Å². The average molecular weight is 341 g/mol. The quantitative estimate of drug-likeness (QED) is 0.843. The van der Waals surface area contributed by atoms with E-state index in [9.17, 15) is 8.42 Å². The first kappa shape index (κ1) is 13.9.